The molecule has 0 fully saturated rings. The molecular formula is C15H23NO3. The predicted molar refractivity (Wildman–Crippen MR) is 76.6 cm³/mol. The van der Waals surface area contributed by atoms with E-state index in [4.69, 9.17) is 0 Å². The van der Waals surface area contributed by atoms with Gasteiger partial charge in [-0.2, -0.15) is 0 Å². The molecule has 1 rings (SSSR count). The van der Waals surface area contributed by atoms with Crippen molar-refractivity contribution < 1.29 is 14.6 Å². The molecule has 0 bridgehead atoms. The summed E-state index contributed by atoms with van der Waals surface area (Å²) in [6.07, 6.45) is -0.706. The molecule has 0 saturated heterocycles. The molecule has 0 aliphatic carbocycles. The van der Waals surface area contributed by atoms with E-state index in [0.717, 1.165) is 5.69 Å². The van der Waals surface area contributed by atoms with Crippen molar-refractivity contribution in [2.75, 3.05) is 25.6 Å². The standard InChI is InChI=1S/C15H23NO3/c1-10-6-11(2)15(12(3)7-10)16(4)9-13(17)8-14(18)19-5/h6-7,13,17H,8-9H2,1-5H3. The maximum atomic E-state index is 11.1. The number of esters is 1. The molecule has 19 heavy (non-hydrogen) atoms. The molecule has 0 spiro atoms. The van der Waals surface area contributed by atoms with Gasteiger partial charge in [-0.15, -0.1) is 0 Å². The lowest BCUT2D eigenvalue weighted by atomic mass is 10.0. The Balaban J connectivity index is 2.78. The molecule has 1 aromatic carbocycles. The number of aryl methyl sites for hydroxylation is 3. The monoisotopic (exact) mass is 265 g/mol. The van der Waals surface area contributed by atoms with Gasteiger partial charge < -0.3 is 14.7 Å². The first-order valence-corrected chi connectivity index (χ1v) is 6.39. The lowest BCUT2D eigenvalue weighted by Gasteiger charge is -2.26. The van der Waals surface area contributed by atoms with Gasteiger partial charge in [0, 0.05) is 19.3 Å². The highest BCUT2D eigenvalue weighted by molar-refractivity contribution is 5.70. The van der Waals surface area contributed by atoms with Crippen molar-refractivity contribution in [2.24, 2.45) is 0 Å². The maximum absolute atomic E-state index is 11.1. The molecule has 0 aliphatic heterocycles. The van der Waals surface area contributed by atoms with Crippen LogP contribution in [0.25, 0.3) is 0 Å². The van der Waals surface area contributed by atoms with E-state index in [1.165, 1.54) is 23.8 Å². The number of likely N-dealkylation sites (N-methyl/N-ethyl adjacent to an activating group) is 1. The van der Waals surface area contributed by atoms with Gasteiger partial charge in [0.05, 0.1) is 19.6 Å². The molecule has 0 heterocycles. The second-order valence-corrected chi connectivity index (χ2v) is 5.06. The van der Waals surface area contributed by atoms with Crippen molar-refractivity contribution in [2.45, 2.75) is 33.3 Å². The minimum absolute atomic E-state index is 0.0186. The summed E-state index contributed by atoms with van der Waals surface area (Å²) in [6, 6.07) is 4.23. The van der Waals surface area contributed by atoms with Crippen LogP contribution in [0.3, 0.4) is 0 Å². The van der Waals surface area contributed by atoms with Crippen LogP contribution in [-0.2, 0) is 9.53 Å². The number of rotatable bonds is 5. The van der Waals surface area contributed by atoms with Crippen LogP contribution in [0.2, 0.25) is 0 Å². The highest BCUT2D eigenvalue weighted by Crippen LogP contribution is 2.25. The molecule has 1 atom stereocenters. The summed E-state index contributed by atoms with van der Waals surface area (Å²) >= 11 is 0. The van der Waals surface area contributed by atoms with Crippen molar-refractivity contribution in [3.05, 3.63) is 28.8 Å². The van der Waals surface area contributed by atoms with Gasteiger partial charge in [0.25, 0.3) is 0 Å². The van der Waals surface area contributed by atoms with Gasteiger partial charge in [0.15, 0.2) is 0 Å². The van der Waals surface area contributed by atoms with Gasteiger partial charge in [0.1, 0.15) is 0 Å². The highest BCUT2D eigenvalue weighted by atomic mass is 16.5. The van der Waals surface area contributed by atoms with E-state index in [0.29, 0.717) is 6.54 Å². The number of carbonyl (C=O) groups is 1. The summed E-state index contributed by atoms with van der Waals surface area (Å²) in [5.74, 6) is -0.391. The summed E-state index contributed by atoms with van der Waals surface area (Å²) in [6.45, 7) is 6.58. The average Bonchev–Trinajstić information content (AvgIpc) is 2.26. The number of aliphatic hydroxyl groups is 1. The smallest absolute Gasteiger partial charge is 0.308 e. The van der Waals surface area contributed by atoms with Crippen molar-refractivity contribution in [1.29, 1.82) is 0 Å². The zero-order valence-electron chi connectivity index (χ0n) is 12.4. The molecule has 1 N–H and O–H groups in total. The minimum Gasteiger partial charge on any atom is -0.469 e. The van der Waals surface area contributed by atoms with E-state index in [9.17, 15) is 9.90 Å². The van der Waals surface area contributed by atoms with Crippen molar-refractivity contribution in [3.8, 4) is 0 Å². The van der Waals surface area contributed by atoms with Crippen LogP contribution in [0.1, 0.15) is 23.1 Å². The number of anilines is 1. The first kappa shape index (κ1) is 15.5. The van der Waals surface area contributed by atoms with Crippen LogP contribution >= 0.6 is 0 Å². The molecule has 4 nitrogen and oxygen atoms in total. The SMILES string of the molecule is COC(=O)CC(O)CN(C)c1c(C)cc(C)cc1C. The second kappa shape index (κ2) is 6.57. The molecule has 0 saturated carbocycles. The quantitative estimate of drug-likeness (QED) is 0.827. The average molecular weight is 265 g/mol. The van der Waals surface area contributed by atoms with Gasteiger partial charge in [-0.05, 0) is 31.9 Å². The van der Waals surface area contributed by atoms with Crippen molar-refractivity contribution >= 4 is 11.7 Å². The molecule has 4 heteroatoms. The molecule has 1 aromatic rings. The van der Waals surface area contributed by atoms with Gasteiger partial charge in [-0.1, -0.05) is 17.7 Å². The topological polar surface area (TPSA) is 49.8 Å². The normalized spacial score (nSPS) is 12.1. The number of nitrogens with zero attached hydrogens (tertiary/aromatic N) is 1. The summed E-state index contributed by atoms with van der Waals surface area (Å²) in [5, 5.41) is 9.88. The van der Waals surface area contributed by atoms with Gasteiger partial charge in [-0.25, -0.2) is 0 Å². The number of carbonyl (C=O) groups excluding carboxylic acids is 1. The predicted octanol–water partition coefficient (Wildman–Crippen LogP) is 1.97. The number of aliphatic hydroxyl groups excluding tert-OH is 1. The third kappa shape index (κ3) is 4.24. The van der Waals surface area contributed by atoms with Gasteiger partial charge in [-0.3, -0.25) is 4.79 Å². The van der Waals surface area contributed by atoms with E-state index in [1.807, 2.05) is 11.9 Å². The fourth-order valence-corrected chi connectivity index (χ4v) is 2.52. The van der Waals surface area contributed by atoms with Gasteiger partial charge >= 0.3 is 5.97 Å². The van der Waals surface area contributed by atoms with E-state index < -0.39 is 12.1 Å². The Morgan fingerprint density at radius 3 is 2.32 bits per heavy atom. The van der Waals surface area contributed by atoms with Crippen LogP contribution in [0.5, 0.6) is 0 Å². The minimum atomic E-state index is -0.724. The Hall–Kier alpha value is -1.55. The highest BCUT2D eigenvalue weighted by Gasteiger charge is 2.16. The fraction of sp³-hybridized carbons (Fsp3) is 0.533. The van der Waals surface area contributed by atoms with E-state index in [1.54, 1.807) is 0 Å². The number of benzene rings is 1. The van der Waals surface area contributed by atoms with E-state index in [2.05, 4.69) is 37.6 Å². The van der Waals surface area contributed by atoms with E-state index in [-0.39, 0.29) is 6.42 Å². The first-order valence-electron chi connectivity index (χ1n) is 6.39. The Kier molecular flexibility index (Phi) is 5.36. The summed E-state index contributed by atoms with van der Waals surface area (Å²) in [4.78, 5) is 13.1. The third-order valence-electron chi connectivity index (χ3n) is 3.13. The first-order chi connectivity index (χ1) is 8.85. The Morgan fingerprint density at radius 1 is 1.32 bits per heavy atom. The van der Waals surface area contributed by atoms with Crippen LogP contribution in [0.4, 0.5) is 5.69 Å². The second-order valence-electron chi connectivity index (χ2n) is 5.06. The summed E-state index contributed by atoms with van der Waals surface area (Å²) in [7, 11) is 3.25. The number of hydrogen-bond donors (Lipinski definition) is 1. The van der Waals surface area contributed by atoms with Crippen LogP contribution in [0.15, 0.2) is 12.1 Å². The fourth-order valence-electron chi connectivity index (χ4n) is 2.52. The molecule has 106 valence electrons. The Labute approximate surface area is 115 Å². The molecule has 0 aliphatic rings. The third-order valence-corrected chi connectivity index (χ3v) is 3.13. The lowest BCUT2D eigenvalue weighted by molar-refractivity contribution is -0.142. The van der Waals surface area contributed by atoms with E-state index >= 15 is 0 Å². The largest absolute Gasteiger partial charge is 0.469 e. The summed E-state index contributed by atoms with van der Waals surface area (Å²) in [5.41, 5.74) is 4.67. The number of hydrogen-bond acceptors (Lipinski definition) is 4. The van der Waals surface area contributed by atoms with Crippen LogP contribution in [0, 0.1) is 20.8 Å². The van der Waals surface area contributed by atoms with Crippen LogP contribution < -0.4 is 4.90 Å². The molecular weight excluding hydrogens is 242 g/mol. The zero-order valence-corrected chi connectivity index (χ0v) is 12.4. The van der Waals surface area contributed by atoms with Crippen LogP contribution in [-0.4, -0.2) is 37.9 Å². The molecule has 0 radical (unpaired) electrons. The maximum Gasteiger partial charge on any atom is 0.308 e. The molecule has 0 amide bonds. The van der Waals surface area contributed by atoms with Gasteiger partial charge in [0.2, 0.25) is 0 Å². The lowest BCUT2D eigenvalue weighted by Crippen LogP contribution is -2.31. The Bertz CT molecular complexity index is 434. The van der Waals surface area contributed by atoms with Crippen molar-refractivity contribution in [1.82, 2.24) is 0 Å². The molecule has 1 unspecified atom stereocenters. The Morgan fingerprint density at radius 2 is 1.84 bits per heavy atom. The number of methoxy groups -OCH3 is 1. The zero-order chi connectivity index (χ0) is 14.6. The molecule has 0 aromatic heterocycles. The summed E-state index contributed by atoms with van der Waals surface area (Å²) < 4.78 is 4.55. The van der Waals surface area contributed by atoms with Crippen molar-refractivity contribution in [3.63, 3.8) is 0 Å². The number of ether oxygens (including phenoxy) is 1.